The average Bonchev–Trinajstić information content (AvgIpc) is 2.49. The van der Waals surface area contributed by atoms with Crippen LogP contribution in [-0.4, -0.2) is 18.2 Å². The number of carbonyl (C=O) groups excluding carboxylic acids is 1. The van der Waals surface area contributed by atoms with E-state index in [-0.39, 0.29) is 11.4 Å². The van der Waals surface area contributed by atoms with Crippen molar-refractivity contribution in [1.29, 1.82) is 0 Å². The number of rotatable bonds is 3. The van der Waals surface area contributed by atoms with Gasteiger partial charge in [-0.1, -0.05) is 30.7 Å². The summed E-state index contributed by atoms with van der Waals surface area (Å²) >= 11 is 0. The van der Waals surface area contributed by atoms with E-state index >= 15 is 0 Å². The molecule has 3 rings (SSSR count). The Morgan fingerprint density at radius 2 is 1.73 bits per heavy atom. The lowest BCUT2D eigenvalue weighted by Crippen LogP contribution is -2.35. The van der Waals surface area contributed by atoms with Gasteiger partial charge in [-0.2, -0.15) is 0 Å². The Balaban J connectivity index is 1.99. The lowest BCUT2D eigenvalue weighted by Gasteiger charge is -2.43. The van der Waals surface area contributed by atoms with Crippen molar-refractivity contribution in [1.82, 2.24) is 0 Å². The molecule has 0 heterocycles. The predicted molar refractivity (Wildman–Crippen MR) is 85.3 cm³/mol. The first-order valence-corrected chi connectivity index (χ1v) is 7.56. The Morgan fingerprint density at radius 3 is 2.23 bits per heavy atom. The zero-order chi connectivity index (χ0) is 15.7. The van der Waals surface area contributed by atoms with Crippen LogP contribution < -0.4 is 0 Å². The molecule has 3 nitrogen and oxygen atoms in total. The van der Waals surface area contributed by atoms with Crippen molar-refractivity contribution >= 4 is 5.97 Å². The summed E-state index contributed by atoms with van der Waals surface area (Å²) in [6.07, 6.45) is 3.38. The van der Waals surface area contributed by atoms with Crippen LogP contribution in [0.1, 0.15) is 46.3 Å². The molecule has 1 aliphatic rings. The number of ether oxygens (including phenoxy) is 1. The van der Waals surface area contributed by atoms with E-state index in [4.69, 9.17) is 4.74 Å². The SMILES string of the molecule is COC(=O)c1ccc(C2(c3ccc(O)c(C)c3)CCC2)cc1. The van der Waals surface area contributed by atoms with Gasteiger partial charge in [0.25, 0.3) is 0 Å². The molecule has 0 bridgehead atoms. The molecule has 0 unspecified atom stereocenters. The zero-order valence-electron chi connectivity index (χ0n) is 12.9. The number of hydrogen-bond donors (Lipinski definition) is 1. The number of benzene rings is 2. The number of aromatic hydroxyl groups is 1. The van der Waals surface area contributed by atoms with E-state index in [9.17, 15) is 9.90 Å². The summed E-state index contributed by atoms with van der Waals surface area (Å²) < 4.78 is 4.75. The minimum Gasteiger partial charge on any atom is -0.508 e. The third kappa shape index (κ3) is 2.27. The molecule has 0 radical (unpaired) electrons. The highest BCUT2D eigenvalue weighted by atomic mass is 16.5. The summed E-state index contributed by atoms with van der Waals surface area (Å²) in [5.74, 6) is 0.0222. The van der Waals surface area contributed by atoms with Gasteiger partial charge in [-0.15, -0.1) is 0 Å². The summed E-state index contributed by atoms with van der Waals surface area (Å²) in [6, 6.07) is 13.6. The molecule has 2 aromatic carbocycles. The first kappa shape index (κ1) is 14.6. The van der Waals surface area contributed by atoms with Crippen molar-refractivity contribution in [3.8, 4) is 5.75 Å². The van der Waals surface area contributed by atoms with Crippen LogP contribution in [0.2, 0.25) is 0 Å². The largest absolute Gasteiger partial charge is 0.508 e. The fourth-order valence-electron chi connectivity index (χ4n) is 3.27. The van der Waals surface area contributed by atoms with E-state index in [0.29, 0.717) is 11.3 Å². The normalized spacial score (nSPS) is 15.9. The van der Waals surface area contributed by atoms with Crippen LogP contribution in [-0.2, 0) is 10.2 Å². The Hall–Kier alpha value is -2.29. The molecule has 0 atom stereocenters. The fraction of sp³-hybridized carbons (Fsp3) is 0.316. The van der Waals surface area contributed by atoms with E-state index < -0.39 is 0 Å². The van der Waals surface area contributed by atoms with Crippen molar-refractivity contribution in [2.45, 2.75) is 31.6 Å². The lowest BCUT2D eigenvalue weighted by atomic mass is 9.60. The number of phenolic OH excluding ortho intramolecular Hbond substituents is 1. The highest BCUT2D eigenvalue weighted by Gasteiger charge is 2.40. The highest BCUT2D eigenvalue weighted by Crippen LogP contribution is 2.49. The summed E-state index contributed by atoms with van der Waals surface area (Å²) in [7, 11) is 1.39. The third-order valence-corrected chi connectivity index (χ3v) is 4.82. The zero-order valence-corrected chi connectivity index (χ0v) is 12.9. The maximum Gasteiger partial charge on any atom is 0.337 e. The van der Waals surface area contributed by atoms with Crippen molar-refractivity contribution in [2.24, 2.45) is 0 Å². The van der Waals surface area contributed by atoms with Crippen LogP contribution in [0.25, 0.3) is 0 Å². The maximum atomic E-state index is 11.6. The number of phenols is 1. The average molecular weight is 296 g/mol. The van der Waals surface area contributed by atoms with Crippen molar-refractivity contribution < 1.29 is 14.6 Å². The van der Waals surface area contributed by atoms with Crippen LogP contribution in [0.3, 0.4) is 0 Å². The number of aryl methyl sites for hydroxylation is 1. The van der Waals surface area contributed by atoms with Crippen molar-refractivity contribution in [3.05, 3.63) is 64.7 Å². The van der Waals surface area contributed by atoms with Gasteiger partial charge < -0.3 is 9.84 Å². The van der Waals surface area contributed by atoms with Gasteiger partial charge in [0.05, 0.1) is 12.7 Å². The molecule has 0 aromatic heterocycles. The molecule has 1 N–H and O–H groups in total. The third-order valence-electron chi connectivity index (χ3n) is 4.82. The van der Waals surface area contributed by atoms with Gasteiger partial charge in [0.1, 0.15) is 5.75 Å². The second-order valence-corrected chi connectivity index (χ2v) is 6.01. The summed E-state index contributed by atoms with van der Waals surface area (Å²) in [5.41, 5.74) is 3.93. The Kier molecular flexibility index (Phi) is 3.65. The van der Waals surface area contributed by atoms with Gasteiger partial charge in [-0.3, -0.25) is 0 Å². The predicted octanol–water partition coefficient (Wildman–Crippen LogP) is 3.96. The van der Waals surface area contributed by atoms with E-state index in [1.165, 1.54) is 24.7 Å². The van der Waals surface area contributed by atoms with Crippen LogP contribution in [0, 0.1) is 6.92 Å². The first-order chi connectivity index (χ1) is 10.6. The van der Waals surface area contributed by atoms with Gasteiger partial charge in [0, 0.05) is 5.41 Å². The summed E-state index contributed by atoms with van der Waals surface area (Å²) in [6.45, 7) is 1.92. The molecule has 1 saturated carbocycles. The molecular weight excluding hydrogens is 276 g/mol. The fourth-order valence-corrected chi connectivity index (χ4v) is 3.27. The molecule has 0 spiro atoms. The number of esters is 1. The monoisotopic (exact) mass is 296 g/mol. The molecular formula is C19H20O3. The summed E-state index contributed by atoms with van der Waals surface area (Å²) in [4.78, 5) is 11.6. The molecule has 22 heavy (non-hydrogen) atoms. The van der Waals surface area contributed by atoms with Crippen molar-refractivity contribution in [2.75, 3.05) is 7.11 Å². The van der Waals surface area contributed by atoms with Crippen LogP contribution >= 0.6 is 0 Å². The quantitative estimate of drug-likeness (QED) is 0.872. The molecule has 0 amide bonds. The molecule has 0 saturated heterocycles. The molecule has 1 aliphatic carbocycles. The van der Waals surface area contributed by atoms with Gasteiger partial charge >= 0.3 is 5.97 Å². The van der Waals surface area contributed by atoms with Crippen LogP contribution in [0.5, 0.6) is 5.75 Å². The molecule has 1 fully saturated rings. The first-order valence-electron chi connectivity index (χ1n) is 7.56. The van der Waals surface area contributed by atoms with Gasteiger partial charge in [0.15, 0.2) is 0 Å². The molecule has 114 valence electrons. The van der Waals surface area contributed by atoms with Gasteiger partial charge in [-0.25, -0.2) is 4.79 Å². The second-order valence-electron chi connectivity index (χ2n) is 6.01. The topological polar surface area (TPSA) is 46.5 Å². The number of hydrogen-bond acceptors (Lipinski definition) is 3. The van der Waals surface area contributed by atoms with Gasteiger partial charge in [0.2, 0.25) is 0 Å². The van der Waals surface area contributed by atoms with E-state index in [1.807, 2.05) is 37.3 Å². The highest BCUT2D eigenvalue weighted by molar-refractivity contribution is 5.89. The van der Waals surface area contributed by atoms with E-state index in [0.717, 1.165) is 18.4 Å². The molecule has 0 aliphatic heterocycles. The number of carbonyl (C=O) groups is 1. The standard InChI is InChI=1S/C19H20O3/c1-13-12-16(8-9-17(13)20)19(10-3-11-19)15-6-4-14(5-7-15)18(21)22-2/h4-9,12,20H,3,10-11H2,1-2H3. The Bertz CT molecular complexity index is 697. The Morgan fingerprint density at radius 1 is 1.09 bits per heavy atom. The molecule has 2 aromatic rings. The smallest absolute Gasteiger partial charge is 0.337 e. The van der Waals surface area contributed by atoms with E-state index in [1.54, 1.807) is 6.07 Å². The lowest BCUT2D eigenvalue weighted by molar-refractivity contribution is 0.0600. The second kappa shape index (κ2) is 5.48. The number of methoxy groups -OCH3 is 1. The van der Waals surface area contributed by atoms with Crippen LogP contribution in [0.4, 0.5) is 0 Å². The van der Waals surface area contributed by atoms with E-state index in [2.05, 4.69) is 6.07 Å². The van der Waals surface area contributed by atoms with Crippen LogP contribution in [0.15, 0.2) is 42.5 Å². The molecule has 3 heteroatoms. The Labute approximate surface area is 130 Å². The minimum absolute atomic E-state index is 0.00705. The van der Waals surface area contributed by atoms with Gasteiger partial charge in [-0.05, 0) is 54.7 Å². The van der Waals surface area contributed by atoms with Crippen molar-refractivity contribution in [3.63, 3.8) is 0 Å². The summed E-state index contributed by atoms with van der Waals surface area (Å²) in [5, 5.41) is 9.74. The minimum atomic E-state index is -0.310. The maximum absolute atomic E-state index is 11.6.